The summed E-state index contributed by atoms with van der Waals surface area (Å²) in [5.74, 6) is -1.18. The van der Waals surface area contributed by atoms with E-state index in [1.807, 2.05) is 4.57 Å². The van der Waals surface area contributed by atoms with E-state index >= 15 is 0 Å². The fourth-order valence-corrected chi connectivity index (χ4v) is 5.53. The molecule has 2 fully saturated rings. The monoisotopic (exact) mass is 391 g/mol. The van der Waals surface area contributed by atoms with E-state index < -0.39 is 11.4 Å². The van der Waals surface area contributed by atoms with Gasteiger partial charge in [-0.2, -0.15) is 0 Å². The fourth-order valence-electron chi connectivity index (χ4n) is 5.53. The van der Waals surface area contributed by atoms with Gasteiger partial charge in [-0.1, -0.05) is 18.2 Å². The Labute approximate surface area is 167 Å². The maximum Gasteiger partial charge on any atom is 0.341 e. The van der Waals surface area contributed by atoms with Crippen molar-refractivity contribution >= 4 is 17.1 Å². The Balaban J connectivity index is 1.55. The van der Waals surface area contributed by atoms with E-state index in [0.717, 1.165) is 43.6 Å². The highest BCUT2D eigenvalue weighted by molar-refractivity contribution is 6.00. The molecule has 4 aliphatic rings. The number of ether oxygens (including phenoxy) is 2. The first-order chi connectivity index (χ1) is 14.1. The second-order valence-electron chi connectivity index (χ2n) is 8.24. The lowest BCUT2D eigenvalue weighted by atomic mass is 9.89. The van der Waals surface area contributed by atoms with Crippen LogP contribution >= 0.6 is 0 Å². The summed E-state index contributed by atoms with van der Waals surface area (Å²) in [5, 5.41) is 9.42. The summed E-state index contributed by atoms with van der Waals surface area (Å²) in [7, 11) is 0. The summed E-state index contributed by atoms with van der Waals surface area (Å²) < 4.78 is 14.1. The third-order valence-electron chi connectivity index (χ3n) is 6.78. The molecule has 0 amide bonds. The SMILES string of the molecule is O=C(O)c1cn2c(cc1=O)C1=C(c3cccc(C4CCCO4)c3C1)[C@H]1OCC[C@H]12. The first kappa shape index (κ1) is 17.2. The van der Waals surface area contributed by atoms with Crippen molar-refractivity contribution in [1.29, 1.82) is 0 Å². The van der Waals surface area contributed by atoms with E-state index in [9.17, 15) is 14.7 Å². The summed E-state index contributed by atoms with van der Waals surface area (Å²) in [4.78, 5) is 24.0. The molecule has 2 saturated heterocycles. The molecule has 1 N–H and O–H groups in total. The number of nitrogens with zero attached hydrogens (tertiary/aromatic N) is 1. The minimum Gasteiger partial charge on any atom is -0.477 e. The second kappa shape index (κ2) is 6.15. The zero-order valence-electron chi connectivity index (χ0n) is 15.9. The lowest BCUT2D eigenvalue weighted by molar-refractivity contribution is 0.0693. The average Bonchev–Trinajstić information content (AvgIpc) is 3.45. The quantitative estimate of drug-likeness (QED) is 0.851. The van der Waals surface area contributed by atoms with Crippen molar-refractivity contribution in [2.45, 2.75) is 43.9 Å². The lowest BCUT2D eigenvalue weighted by Crippen LogP contribution is -2.31. The summed E-state index contributed by atoms with van der Waals surface area (Å²) in [6, 6.07) is 7.91. The number of carbonyl (C=O) groups is 1. The Kier molecular flexibility index (Phi) is 3.64. The largest absolute Gasteiger partial charge is 0.477 e. The number of allylic oxidation sites excluding steroid dienone is 1. The Morgan fingerprint density at radius 3 is 2.86 bits per heavy atom. The van der Waals surface area contributed by atoms with Crippen LogP contribution in [0.1, 0.15) is 64.2 Å². The number of carboxylic acid groups (broad SMARTS) is 1. The van der Waals surface area contributed by atoms with Crippen molar-refractivity contribution in [2.24, 2.45) is 0 Å². The number of aromatic carboxylic acids is 1. The van der Waals surface area contributed by atoms with Crippen molar-refractivity contribution in [1.82, 2.24) is 4.57 Å². The summed E-state index contributed by atoms with van der Waals surface area (Å²) in [5.41, 5.74) is 6.17. The van der Waals surface area contributed by atoms with E-state index in [0.29, 0.717) is 6.61 Å². The van der Waals surface area contributed by atoms with Crippen LogP contribution < -0.4 is 5.43 Å². The first-order valence-corrected chi connectivity index (χ1v) is 10.2. The van der Waals surface area contributed by atoms with Gasteiger partial charge in [-0.3, -0.25) is 4.79 Å². The third-order valence-corrected chi connectivity index (χ3v) is 6.78. The van der Waals surface area contributed by atoms with Crippen LogP contribution in [-0.4, -0.2) is 35.0 Å². The second-order valence-corrected chi connectivity index (χ2v) is 8.24. The van der Waals surface area contributed by atoms with Crippen LogP contribution in [0.3, 0.4) is 0 Å². The van der Waals surface area contributed by atoms with Crippen LogP contribution in [0, 0.1) is 0 Å². The van der Waals surface area contributed by atoms with Crippen LogP contribution in [-0.2, 0) is 15.9 Å². The van der Waals surface area contributed by atoms with Crippen LogP contribution in [0.25, 0.3) is 11.1 Å². The topological polar surface area (TPSA) is 77.8 Å². The number of hydrogen-bond acceptors (Lipinski definition) is 4. The van der Waals surface area contributed by atoms with E-state index in [1.165, 1.54) is 34.5 Å². The standard InChI is InChI=1S/C23H21NO5/c25-19-10-18-15-9-14-12(20-5-2-7-28-20)3-1-4-13(14)21(15)22-17(6-8-29-22)24(18)11-16(19)23(26)27/h1,3-4,10-11,17,20,22H,2,5-9H2,(H,26,27)/t17-,20?,22+/m1/s1. The fraction of sp³-hybridized carbons (Fsp3) is 0.391. The lowest BCUT2D eigenvalue weighted by Gasteiger charge is -2.32. The predicted octanol–water partition coefficient (Wildman–Crippen LogP) is 3.21. The normalized spacial score (nSPS) is 26.8. The van der Waals surface area contributed by atoms with Crippen LogP contribution in [0.15, 0.2) is 35.3 Å². The van der Waals surface area contributed by atoms with Gasteiger partial charge >= 0.3 is 5.97 Å². The zero-order valence-corrected chi connectivity index (χ0v) is 15.9. The Morgan fingerprint density at radius 1 is 1.17 bits per heavy atom. The number of rotatable bonds is 2. The smallest absolute Gasteiger partial charge is 0.341 e. The highest BCUT2D eigenvalue weighted by Gasteiger charge is 2.44. The Bertz CT molecular complexity index is 1140. The van der Waals surface area contributed by atoms with Crippen LogP contribution in [0.4, 0.5) is 0 Å². The van der Waals surface area contributed by atoms with E-state index in [2.05, 4.69) is 18.2 Å². The predicted molar refractivity (Wildman–Crippen MR) is 106 cm³/mol. The summed E-state index contributed by atoms with van der Waals surface area (Å²) in [6.07, 6.45) is 5.16. The van der Waals surface area contributed by atoms with Gasteiger partial charge in [-0.05, 0) is 47.1 Å². The highest BCUT2D eigenvalue weighted by Crippen LogP contribution is 2.51. The van der Waals surface area contributed by atoms with Crippen molar-refractivity contribution in [2.75, 3.05) is 13.2 Å². The van der Waals surface area contributed by atoms with Gasteiger partial charge in [0.1, 0.15) is 11.7 Å². The molecule has 0 bridgehead atoms. The minimum absolute atomic E-state index is 0.0137. The molecule has 1 aliphatic carbocycles. The van der Waals surface area contributed by atoms with Gasteiger partial charge in [0.05, 0.1) is 12.1 Å². The number of carboxylic acids is 1. The Hall–Kier alpha value is -2.70. The summed E-state index contributed by atoms with van der Waals surface area (Å²) in [6.45, 7) is 1.42. The van der Waals surface area contributed by atoms with Gasteiger partial charge in [-0.15, -0.1) is 0 Å². The van der Waals surface area contributed by atoms with Crippen LogP contribution in [0.2, 0.25) is 0 Å². The number of fused-ring (bicyclic) bond motifs is 7. The molecule has 1 aromatic carbocycles. The molecule has 2 aromatic rings. The molecular weight excluding hydrogens is 370 g/mol. The maximum absolute atomic E-state index is 12.5. The molecule has 3 aliphatic heterocycles. The van der Waals surface area contributed by atoms with Gasteiger partial charge in [0, 0.05) is 37.6 Å². The molecule has 4 heterocycles. The Morgan fingerprint density at radius 2 is 2.07 bits per heavy atom. The van der Waals surface area contributed by atoms with Crippen molar-refractivity contribution in [3.8, 4) is 0 Å². The molecule has 1 unspecified atom stereocenters. The summed E-state index contributed by atoms with van der Waals surface area (Å²) >= 11 is 0. The van der Waals surface area contributed by atoms with Gasteiger partial charge in [0.2, 0.25) is 0 Å². The molecule has 0 saturated carbocycles. The van der Waals surface area contributed by atoms with E-state index in [4.69, 9.17) is 9.47 Å². The zero-order chi connectivity index (χ0) is 19.7. The molecule has 0 spiro atoms. The van der Waals surface area contributed by atoms with Crippen molar-refractivity contribution in [3.63, 3.8) is 0 Å². The maximum atomic E-state index is 12.5. The van der Waals surface area contributed by atoms with Crippen molar-refractivity contribution in [3.05, 3.63) is 68.6 Å². The third kappa shape index (κ3) is 2.36. The number of benzene rings is 1. The molecule has 148 valence electrons. The number of pyridine rings is 1. The van der Waals surface area contributed by atoms with Crippen LogP contribution in [0.5, 0.6) is 0 Å². The van der Waals surface area contributed by atoms with Gasteiger partial charge in [-0.25, -0.2) is 4.79 Å². The molecule has 0 radical (unpaired) electrons. The molecule has 1 aromatic heterocycles. The highest BCUT2D eigenvalue weighted by atomic mass is 16.5. The molecule has 29 heavy (non-hydrogen) atoms. The first-order valence-electron chi connectivity index (χ1n) is 10.2. The number of hydrogen-bond donors (Lipinski definition) is 1. The van der Waals surface area contributed by atoms with Gasteiger partial charge in [0.25, 0.3) is 0 Å². The van der Waals surface area contributed by atoms with Crippen molar-refractivity contribution < 1.29 is 19.4 Å². The van der Waals surface area contributed by atoms with E-state index in [1.54, 1.807) is 0 Å². The molecule has 6 heteroatoms. The molecule has 6 rings (SSSR count). The minimum atomic E-state index is -1.18. The van der Waals surface area contributed by atoms with Gasteiger partial charge in [0.15, 0.2) is 5.43 Å². The molecular formula is C23H21NO5. The molecule has 6 nitrogen and oxygen atoms in total. The number of aromatic nitrogens is 1. The van der Waals surface area contributed by atoms with Gasteiger partial charge < -0.3 is 19.1 Å². The molecule has 3 atom stereocenters. The average molecular weight is 391 g/mol. The van der Waals surface area contributed by atoms with E-state index in [-0.39, 0.29) is 23.8 Å².